The monoisotopic (exact) mass is 310 g/mol. The van der Waals surface area contributed by atoms with Crippen LogP contribution in [0.2, 0.25) is 0 Å². The molecule has 21 heavy (non-hydrogen) atoms. The van der Waals surface area contributed by atoms with Crippen molar-refractivity contribution in [1.29, 1.82) is 0 Å². The minimum atomic E-state index is -3.51. The second kappa shape index (κ2) is 5.98. The molecule has 0 atom stereocenters. The molecule has 114 valence electrons. The molecular weight excluding hydrogens is 292 g/mol. The lowest BCUT2D eigenvalue weighted by molar-refractivity contribution is 0.419. The third-order valence-electron chi connectivity index (χ3n) is 3.78. The molecule has 0 spiro atoms. The van der Waals surface area contributed by atoms with E-state index in [4.69, 9.17) is 4.52 Å². The van der Waals surface area contributed by atoms with E-state index in [9.17, 15) is 8.42 Å². The van der Waals surface area contributed by atoms with Crippen LogP contribution in [-0.2, 0) is 16.4 Å². The SMILES string of the molecule is O=S(=O)(NCCc1cnoc1)c1cnn(C2CCCC2)c1. The second-order valence-corrected chi connectivity index (χ2v) is 7.04. The van der Waals surface area contributed by atoms with E-state index in [2.05, 4.69) is 15.0 Å². The lowest BCUT2D eigenvalue weighted by Crippen LogP contribution is -2.25. The number of rotatable bonds is 6. The van der Waals surface area contributed by atoms with Crippen LogP contribution < -0.4 is 4.72 Å². The Morgan fingerprint density at radius 2 is 2.14 bits per heavy atom. The molecule has 1 saturated carbocycles. The minimum Gasteiger partial charge on any atom is -0.364 e. The summed E-state index contributed by atoms with van der Waals surface area (Å²) in [5.41, 5.74) is 0.861. The molecule has 0 aromatic carbocycles. The van der Waals surface area contributed by atoms with Crippen LogP contribution in [-0.4, -0.2) is 29.9 Å². The average Bonchev–Trinajstić information content (AvgIpc) is 3.20. The molecule has 0 amide bonds. The largest absolute Gasteiger partial charge is 0.364 e. The van der Waals surface area contributed by atoms with Crippen LogP contribution >= 0.6 is 0 Å². The quantitative estimate of drug-likeness (QED) is 0.873. The van der Waals surface area contributed by atoms with E-state index in [-0.39, 0.29) is 4.90 Å². The number of hydrogen-bond acceptors (Lipinski definition) is 5. The zero-order valence-corrected chi connectivity index (χ0v) is 12.4. The number of nitrogens with one attached hydrogen (secondary N) is 1. The van der Waals surface area contributed by atoms with Crippen LogP contribution in [0.15, 0.2) is 34.3 Å². The summed E-state index contributed by atoms with van der Waals surface area (Å²) in [4.78, 5) is 0.222. The van der Waals surface area contributed by atoms with Crippen molar-refractivity contribution >= 4 is 10.0 Å². The lowest BCUT2D eigenvalue weighted by atomic mass is 10.3. The molecule has 1 aliphatic rings. The van der Waals surface area contributed by atoms with E-state index in [0.29, 0.717) is 19.0 Å². The molecule has 0 unspecified atom stereocenters. The number of nitrogens with zero attached hydrogens (tertiary/aromatic N) is 3. The predicted molar refractivity (Wildman–Crippen MR) is 75.1 cm³/mol. The summed E-state index contributed by atoms with van der Waals surface area (Å²) in [5.74, 6) is 0. The first-order valence-electron chi connectivity index (χ1n) is 7.07. The van der Waals surface area contributed by atoms with Gasteiger partial charge in [0.1, 0.15) is 11.2 Å². The summed E-state index contributed by atoms with van der Waals surface area (Å²) in [6.07, 6.45) is 11.2. The molecule has 7 nitrogen and oxygen atoms in total. The van der Waals surface area contributed by atoms with E-state index in [1.54, 1.807) is 17.1 Å². The molecule has 3 rings (SSSR count). The van der Waals surface area contributed by atoms with E-state index in [1.165, 1.54) is 25.3 Å². The van der Waals surface area contributed by atoms with Crippen LogP contribution in [0.3, 0.4) is 0 Å². The summed E-state index contributed by atoms with van der Waals surface area (Å²) in [7, 11) is -3.51. The van der Waals surface area contributed by atoms with Crippen LogP contribution in [0.4, 0.5) is 0 Å². The maximum absolute atomic E-state index is 12.2. The summed E-state index contributed by atoms with van der Waals surface area (Å²) in [5, 5.41) is 7.77. The molecule has 0 aliphatic heterocycles. The Morgan fingerprint density at radius 3 is 2.86 bits per heavy atom. The molecule has 1 N–H and O–H groups in total. The van der Waals surface area contributed by atoms with Crippen molar-refractivity contribution in [3.63, 3.8) is 0 Å². The molecule has 1 aliphatic carbocycles. The van der Waals surface area contributed by atoms with Gasteiger partial charge in [-0.1, -0.05) is 18.0 Å². The van der Waals surface area contributed by atoms with E-state index >= 15 is 0 Å². The maximum Gasteiger partial charge on any atom is 0.243 e. The van der Waals surface area contributed by atoms with Gasteiger partial charge >= 0.3 is 0 Å². The van der Waals surface area contributed by atoms with Gasteiger partial charge in [-0.3, -0.25) is 4.68 Å². The number of sulfonamides is 1. The Labute approximate surface area is 123 Å². The first kappa shape index (κ1) is 14.3. The van der Waals surface area contributed by atoms with Gasteiger partial charge in [-0.2, -0.15) is 5.10 Å². The Kier molecular flexibility index (Phi) is 4.07. The summed E-state index contributed by atoms with van der Waals surface area (Å²) in [6, 6.07) is 0.339. The number of hydrogen-bond donors (Lipinski definition) is 1. The molecule has 0 saturated heterocycles. The lowest BCUT2D eigenvalue weighted by Gasteiger charge is -2.08. The summed E-state index contributed by atoms with van der Waals surface area (Å²) >= 11 is 0. The first-order valence-corrected chi connectivity index (χ1v) is 8.55. The topological polar surface area (TPSA) is 90.0 Å². The highest BCUT2D eigenvalue weighted by atomic mass is 32.2. The van der Waals surface area contributed by atoms with Crippen molar-refractivity contribution in [1.82, 2.24) is 19.7 Å². The van der Waals surface area contributed by atoms with Gasteiger partial charge in [0, 0.05) is 18.3 Å². The van der Waals surface area contributed by atoms with E-state index in [0.717, 1.165) is 18.4 Å². The maximum atomic E-state index is 12.2. The third kappa shape index (κ3) is 3.33. The van der Waals surface area contributed by atoms with Gasteiger partial charge in [0.25, 0.3) is 0 Å². The zero-order chi connectivity index (χ0) is 14.7. The minimum absolute atomic E-state index is 0.222. The Bertz CT molecular complexity index is 672. The van der Waals surface area contributed by atoms with Gasteiger partial charge < -0.3 is 4.52 Å². The highest BCUT2D eigenvalue weighted by Crippen LogP contribution is 2.29. The van der Waals surface area contributed by atoms with Gasteiger partial charge in [0.2, 0.25) is 10.0 Å². The predicted octanol–water partition coefficient (Wildman–Crippen LogP) is 1.51. The molecule has 1 fully saturated rings. The van der Waals surface area contributed by atoms with Crippen LogP contribution in [0, 0.1) is 0 Å². The fraction of sp³-hybridized carbons (Fsp3) is 0.538. The standard InChI is InChI=1S/C13H18N4O3S/c18-21(19,16-6-5-11-7-15-20-10-11)13-8-14-17(9-13)12-3-1-2-4-12/h7-10,12,16H,1-6H2. The fourth-order valence-corrected chi connectivity index (χ4v) is 3.56. The van der Waals surface area contributed by atoms with Gasteiger partial charge in [0.15, 0.2) is 0 Å². The molecule has 0 bridgehead atoms. The molecule has 2 heterocycles. The second-order valence-electron chi connectivity index (χ2n) is 5.27. The Hall–Kier alpha value is -1.67. The first-order chi connectivity index (χ1) is 10.1. The van der Waals surface area contributed by atoms with E-state index in [1.807, 2.05) is 0 Å². The molecule has 2 aromatic heterocycles. The number of aromatic nitrogens is 3. The summed E-state index contributed by atoms with van der Waals surface area (Å²) < 4.78 is 33.4. The highest BCUT2D eigenvalue weighted by molar-refractivity contribution is 7.89. The van der Waals surface area contributed by atoms with Crippen molar-refractivity contribution in [2.24, 2.45) is 0 Å². The molecule has 8 heteroatoms. The third-order valence-corrected chi connectivity index (χ3v) is 5.19. The fourth-order valence-electron chi connectivity index (χ4n) is 2.59. The normalized spacial score (nSPS) is 16.6. The smallest absolute Gasteiger partial charge is 0.243 e. The van der Waals surface area contributed by atoms with Crippen molar-refractivity contribution in [3.05, 3.63) is 30.4 Å². The zero-order valence-electron chi connectivity index (χ0n) is 11.6. The molecule has 0 radical (unpaired) electrons. The van der Waals surface area contributed by atoms with Crippen LogP contribution in [0.25, 0.3) is 0 Å². The van der Waals surface area contributed by atoms with Gasteiger partial charge in [0.05, 0.1) is 18.4 Å². The van der Waals surface area contributed by atoms with E-state index < -0.39 is 10.0 Å². The molecular formula is C13H18N4O3S. The highest BCUT2D eigenvalue weighted by Gasteiger charge is 2.21. The van der Waals surface area contributed by atoms with Gasteiger partial charge in [-0.15, -0.1) is 0 Å². The van der Waals surface area contributed by atoms with Crippen molar-refractivity contribution in [2.75, 3.05) is 6.54 Å². The van der Waals surface area contributed by atoms with Gasteiger partial charge in [-0.05, 0) is 19.3 Å². The Morgan fingerprint density at radius 1 is 1.33 bits per heavy atom. The van der Waals surface area contributed by atoms with Crippen LogP contribution in [0.5, 0.6) is 0 Å². The van der Waals surface area contributed by atoms with Crippen molar-refractivity contribution in [3.8, 4) is 0 Å². The molecule has 2 aromatic rings. The van der Waals surface area contributed by atoms with Crippen molar-refractivity contribution < 1.29 is 12.9 Å². The Balaban J connectivity index is 1.61. The van der Waals surface area contributed by atoms with Crippen LogP contribution in [0.1, 0.15) is 37.3 Å². The van der Waals surface area contributed by atoms with Crippen molar-refractivity contribution in [2.45, 2.75) is 43.0 Å². The summed E-state index contributed by atoms with van der Waals surface area (Å²) in [6.45, 7) is 0.304. The van der Waals surface area contributed by atoms with Gasteiger partial charge in [-0.25, -0.2) is 13.1 Å². The average molecular weight is 310 g/mol.